The highest BCUT2D eigenvalue weighted by atomic mass is 16.4. The van der Waals surface area contributed by atoms with Crippen LogP contribution in [0.4, 0.5) is 0 Å². The average molecular weight is 233 g/mol. The van der Waals surface area contributed by atoms with E-state index in [4.69, 9.17) is 5.11 Å². The maximum atomic E-state index is 11.9. The fourth-order valence-electron chi connectivity index (χ4n) is 1.87. The lowest BCUT2D eigenvalue weighted by Crippen LogP contribution is -2.53. The van der Waals surface area contributed by atoms with Crippen LogP contribution in [0.25, 0.3) is 0 Å². The minimum atomic E-state index is -0.824. The molecule has 4 heteroatoms. The number of amides is 1. The Labute approximate surface area is 99.9 Å². The van der Waals surface area contributed by atoms with E-state index in [1.54, 1.807) is 17.0 Å². The number of carbonyl (C=O) groups is 2. The summed E-state index contributed by atoms with van der Waals surface area (Å²) in [6.45, 7) is 2.71. The van der Waals surface area contributed by atoms with E-state index in [2.05, 4.69) is 6.92 Å². The minimum absolute atomic E-state index is 0.0786. The van der Waals surface area contributed by atoms with Crippen molar-refractivity contribution < 1.29 is 14.7 Å². The van der Waals surface area contributed by atoms with Gasteiger partial charge in [0.25, 0.3) is 5.91 Å². The molecule has 1 amide bonds. The van der Waals surface area contributed by atoms with Crippen LogP contribution in [-0.2, 0) is 11.2 Å². The Bertz CT molecular complexity index is 432. The zero-order valence-corrected chi connectivity index (χ0v) is 9.72. The first kappa shape index (κ1) is 11.6. The molecule has 0 bridgehead atoms. The fraction of sp³-hybridized carbons (Fsp3) is 0.385. The standard InChI is InChI=1S/C13H15NO3/c1-2-9-3-5-10(6-4-9)12(15)14-7-11(8-14)13(16)17/h3-6,11H,2,7-8H2,1H3,(H,16,17). The van der Waals surface area contributed by atoms with Gasteiger partial charge in [-0.15, -0.1) is 0 Å². The van der Waals surface area contributed by atoms with Crippen molar-refractivity contribution in [2.75, 3.05) is 13.1 Å². The smallest absolute Gasteiger partial charge is 0.310 e. The summed E-state index contributed by atoms with van der Waals surface area (Å²) in [5.41, 5.74) is 1.82. The van der Waals surface area contributed by atoms with Gasteiger partial charge >= 0.3 is 5.97 Å². The van der Waals surface area contributed by atoms with E-state index in [0.717, 1.165) is 6.42 Å². The lowest BCUT2D eigenvalue weighted by Gasteiger charge is -2.36. The molecule has 0 saturated carbocycles. The van der Waals surface area contributed by atoms with Crippen molar-refractivity contribution in [1.82, 2.24) is 4.90 Å². The maximum absolute atomic E-state index is 11.9. The number of likely N-dealkylation sites (tertiary alicyclic amines) is 1. The Morgan fingerprint density at radius 1 is 1.29 bits per heavy atom. The molecule has 0 unspecified atom stereocenters. The summed E-state index contributed by atoms with van der Waals surface area (Å²) in [6, 6.07) is 7.47. The first-order valence-electron chi connectivity index (χ1n) is 5.73. The Morgan fingerprint density at radius 3 is 2.35 bits per heavy atom. The molecule has 0 aromatic heterocycles. The summed E-state index contributed by atoms with van der Waals surface area (Å²) >= 11 is 0. The molecule has 1 saturated heterocycles. The zero-order chi connectivity index (χ0) is 12.4. The fourth-order valence-corrected chi connectivity index (χ4v) is 1.87. The predicted molar refractivity (Wildman–Crippen MR) is 62.8 cm³/mol. The monoisotopic (exact) mass is 233 g/mol. The van der Waals surface area contributed by atoms with Crippen molar-refractivity contribution in [3.8, 4) is 0 Å². The van der Waals surface area contributed by atoms with E-state index >= 15 is 0 Å². The first-order valence-corrected chi connectivity index (χ1v) is 5.73. The van der Waals surface area contributed by atoms with E-state index in [1.807, 2.05) is 12.1 Å². The van der Waals surface area contributed by atoms with Gasteiger partial charge in [0, 0.05) is 18.7 Å². The molecule has 1 fully saturated rings. The molecule has 0 atom stereocenters. The number of carboxylic acid groups (broad SMARTS) is 1. The highest BCUT2D eigenvalue weighted by Gasteiger charge is 2.35. The lowest BCUT2D eigenvalue weighted by molar-refractivity contribution is -0.146. The van der Waals surface area contributed by atoms with Crippen LogP contribution in [0.5, 0.6) is 0 Å². The Hall–Kier alpha value is -1.84. The number of aryl methyl sites for hydroxylation is 1. The van der Waals surface area contributed by atoms with Gasteiger partial charge in [0.05, 0.1) is 5.92 Å². The molecule has 1 aromatic rings. The zero-order valence-electron chi connectivity index (χ0n) is 9.72. The van der Waals surface area contributed by atoms with Crippen molar-refractivity contribution in [3.05, 3.63) is 35.4 Å². The third kappa shape index (κ3) is 2.30. The number of carboxylic acids is 1. The molecular formula is C13H15NO3. The van der Waals surface area contributed by atoms with E-state index in [-0.39, 0.29) is 5.91 Å². The van der Waals surface area contributed by atoms with Gasteiger partial charge in [0.1, 0.15) is 0 Å². The van der Waals surface area contributed by atoms with E-state index in [0.29, 0.717) is 18.7 Å². The van der Waals surface area contributed by atoms with Crippen LogP contribution in [0.2, 0.25) is 0 Å². The third-order valence-corrected chi connectivity index (χ3v) is 3.13. The summed E-state index contributed by atoms with van der Waals surface area (Å²) in [5.74, 6) is -1.30. The molecule has 0 aliphatic carbocycles. The van der Waals surface area contributed by atoms with Crippen molar-refractivity contribution in [2.45, 2.75) is 13.3 Å². The number of hydrogen-bond donors (Lipinski definition) is 1. The number of hydrogen-bond acceptors (Lipinski definition) is 2. The van der Waals surface area contributed by atoms with Gasteiger partial charge in [-0.3, -0.25) is 9.59 Å². The van der Waals surface area contributed by atoms with Crippen LogP contribution >= 0.6 is 0 Å². The Morgan fingerprint density at radius 2 is 1.88 bits per heavy atom. The highest BCUT2D eigenvalue weighted by Crippen LogP contribution is 2.19. The second kappa shape index (κ2) is 4.57. The van der Waals surface area contributed by atoms with Gasteiger partial charge in [-0.05, 0) is 24.1 Å². The molecule has 1 heterocycles. The molecule has 1 aliphatic heterocycles. The normalized spacial score (nSPS) is 15.5. The number of rotatable bonds is 3. The summed E-state index contributed by atoms with van der Waals surface area (Å²) in [6.07, 6.45) is 0.944. The SMILES string of the molecule is CCc1ccc(C(=O)N2CC(C(=O)O)C2)cc1. The van der Waals surface area contributed by atoms with Gasteiger partial charge in [-0.25, -0.2) is 0 Å². The molecule has 1 N–H and O–H groups in total. The van der Waals surface area contributed by atoms with Crippen molar-refractivity contribution >= 4 is 11.9 Å². The summed E-state index contributed by atoms with van der Waals surface area (Å²) in [5, 5.41) is 8.73. The van der Waals surface area contributed by atoms with Crippen LogP contribution in [0.1, 0.15) is 22.8 Å². The number of aliphatic carboxylic acids is 1. The summed E-state index contributed by atoms with van der Waals surface area (Å²) in [7, 11) is 0. The minimum Gasteiger partial charge on any atom is -0.481 e. The van der Waals surface area contributed by atoms with E-state index in [9.17, 15) is 9.59 Å². The van der Waals surface area contributed by atoms with Gasteiger partial charge in [0.15, 0.2) is 0 Å². The van der Waals surface area contributed by atoms with E-state index < -0.39 is 11.9 Å². The van der Waals surface area contributed by atoms with Gasteiger partial charge in [0.2, 0.25) is 0 Å². The van der Waals surface area contributed by atoms with Gasteiger partial charge < -0.3 is 10.0 Å². The second-order valence-corrected chi connectivity index (χ2v) is 4.30. The molecule has 0 spiro atoms. The molecule has 4 nitrogen and oxygen atoms in total. The number of benzene rings is 1. The van der Waals surface area contributed by atoms with Gasteiger partial charge in [-0.2, -0.15) is 0 Å². The maximum Gasteiger partial charge on any atom is 0.310 e. The average Bonchev–Trinajstić information content (AvgIpc) is 2.26. The molecule has 17 heavy (non-hydrogen) atoms. The predicted octanol–water partition coefficient (Wildman–Crippen LogP) is 1.41. The molecule has 0 radical (unpaired) electrons. The molecule has 1 aromatic carbocycles. The first-order chi connectivity index (χ1) is 8.11. The quantitative estimate of drug-likeness (QED) is 0.858. The van der Waals surface area contributed by atoms with Crippen molar-refractivity contribution in [1.29, 1.82) is 0 Å². The third-order valence-electron chi connectivity index (χ3n) is 3.13. The Kier molecular flexibility index (Phi) is 3.13. The van der Waals surface area contributed by atoms with Crippen molar-refractivity contribution in [2.24, 2.45) is 5.92 Å². The summed E-state index contributed by atoms with van der Waals surface area (Å²) in [4.78, 5) is 24.1. The molecule has 90 valence electrons. The molecular weight excluding hydrogens is 218 g/mol. The molecule has 1 aliphatic rings. The second-order valence-electron chi connectivity index (χ2n) is 4.30. The molecule has 2 rings (SSSR count). The van der Waals surface area contributed by atoms with Crippen molar-refractivity contribution in [3.63, 3.8) is 0 Å². The van der Waals surface area contributed by atoms with Crippen LogP contribution in [0.15, 0.2) is 24.3 Å². The van der Waals surface area contributed by atoms with Crippen LogP contribution in [0, 0.1) is 5.92 Å². The summed E-state index contributed by atoms with van der Waals surface area (Å²) < 4.78 is 0. The van der Waals surface area contributed by atoms with Crippen LogP contribution < -0.4 is 0 Å². The largest absolute Gasteiger partial charge is 0.481 e. The lowest BCUT2D eigenvalue weighted by atomic mass is 9.99. The van der Waals surface area contributed by atoms with Crippen LogP contribution in [0.3, 0.4) is 0 Å². The topological polar surface area (TPSA) is 57.6 Å². The van der Waals surface area contributed by atoms with E-state index in [1.165, 1.54) is 5.56 Å². The number of carbonyl (C=O) groups excluding carboxylic acids is 1. The Balaban J connectivity index is 1.99. The van der Waals surface area contributed by atoms with Gasteiger partial charge in [-0.1, -0.05) is 19.1 Å². The highest BCUT2D eigenvalue weighted by molar-refractivity contribution is 5.95. The number of nitrogens with zero attached hydrogens (tertiary/aromatic N) is 1. The van der Waals surface area contributed by atoms with Crippen LogP contribution in [-0.4, -0.2) is 35.0 Å².